The number of nitrogens with zero attached hydrogens (tertiary/aromatic N) is 2. The Labute approximate surface area is 147 Å². The van der Waals surface area contributed by atoms with Crippen LogP contribution in [0.4, 0.5) is 5.69 Å². The van der Waals surface area contributed by atoms with E-state index in [-0.39, 0.29) is 29.5 Å². The van der Waals surface area contributed by atoms with Crippen LogP contribution < -0.4 is 4.90 Å². The number of hydrogen-bond acceptors (Lipinski definition) is 4. The molecule has 3 aliphatic rings. The zero-order valence-electron chi connectivity index (χ0n) is 13.4. The Bertz CT molecular complexity index is 761. The molecular formula is C17H21ClN2O3S. The molecule has 1 amide bonds. The van der Waals surface area contributed by atoms with Gasteiger partial charge in [0.15, 0.2) is 9.84 Å². The van der Waals surface area contributed by atoms with Gasteiger partial charge in [-0.1, -0.05) is 30.5 Å². The third-order valence-corrected chi connectivity index (χ3v) is 7.45. The van der Waals surface area contributed by atoms with Crippen molar-refractivity contribution in [3.63, 3.8) is 0 Å². The Kier molecular flexibility index (Phi) is 4.09. The highest BCUT2D eigenvalue weighted by Gasteiger charge is 2.51. The van der Waals surface area contributed by atoms with Crippen LogP contribution in [-0.2, 0) is 14.6 Å². The van der Waals surface area contributed by atoms with Gasteiger partial charge in [-0.2, -0.15) is 0 Å². The fourth-order valence-electron chi connectivity index (χ4n) is 4.51. The first-order valence-corrected chi connectivity index (χ1v) is 10.7. The molecule has 5 nitrogen and oxygen atoms in total. The molecule has 2 atom stereocenters. The Balaban J connectivity index is 1.71. The lowest BCUT2D eigenvalue weighted by atomic mass is 10.00. The van der Waals surface area contributed by atoms with E-state index in [1.165, 1.54) is 0 Å². The van der Waals surface area contributed by atoms with Crippen molar-refractivity contribution < 1.29 is 13.2 Å². The van der Waals surface area contributed by atoms with Crippen LogP contribution in [0.15, 0.2) is 24.3 Å². The maximum Gasteiger partial charge on any atom is 0.241 e. The lowest BCUT2D eigenvalue weighted by Crippen LogP contribution is -2.64. The smallest absolute Gasteiger partial charge is 0.241 e. The number of hydrogen-bond donors (Lipinski definition) is 0. The van der Waals surface area contributed by atoms with Crippen LogP contribution in [-0.4, -0.2) is 55.4 Å². The third-order valence-electron chi connectivity index (χ3n) is 5.52. The number of rotatable bonds is 2. The normalized spacial score (nSPS) is 30.7. The van der Waals surface area contributed by atoms with Gasteiger partial charge in [0, 0.05) is 22.8 Å². The van der Waals surface area contributed by atoms with Crippen molar-refractivity contribution in [2.75, 3.05) is 23.0 Å². The molecule has 0 radical (unpaired) electrons. The molecule has 4 rings (SSSR count). The Morgan fingerprint density at radius 3 is 2.50 bits per heavy atom. The number of halogens is 1. The molecule has 7 heteroatoms. The first kappa shape index (κ1) is 16.4. The highest BCUT2D eigenvalue weighted by atomic mass is 35.5. The van der Waals surface area contributed by atoms with E-state index < -0.39 is 9.84 Å². The van der Waals surface area contributed by atoms with Gasteiger partial charge < -0.3 is 4.90 Å². The summed E-state index contributed by atoms with van der Waals surface area (Å²) in [6.07, 6.45) is 4.45. The Morgan fingerprint density at radius 1 is 1.08 bits per heavy atom. The molecule has 2 saturated heterocycles. The molecule has 1 aliphatic carbocycles. The van der Waals surface area contributed by atoms with Crippen LogP contribution >= 0.6 is 11.6 Å². The molecule has 1 saturated carbocycles. The Morgan fingerprint density at radius 2 is 1.79 bits per heavy atom. The molecule has 2 heterocycles. The van der Waals surface area contributed by atoms with Crippen molar-refractivity contribution in [2.45, 2.75) is 43.8 Å². The van der Waals surface area contributed by atoms with Crippen LogP contribution in [0.1, 0.15) is 25.7 Å². The van der Waals surface area contributed by atoms with Gasteiger partial charge in [0.25, 0.3) is 0 Å². The number of carbonyl (C=O) groups excluding carboxylic acids is 1. The minimum atomic E-state index is -3.13. The van der Waals surface area contributed by atoms with Crippen molar-refractivity contribution in [1.82, 2.24) is 4.90 Å². The van der Waals surface area contributed by atoms with Crippen LogP contribution in [0.3, 0.4) is 0 Å². The maximum absolute atomic E-state index is 12.9. The summed E-state index contributed by atoms with van der Waals surface area (Å²) in [6.45, 7) is 0.299. The summed E-state index contributed by atoms with van der Waals surface area (Å²) in [5.74, 6) is 0.167. The predicted octanol–water partition coefficient (Wildman–Crippen LogP) is 2.10. The summed E-state index contributed by atoms with van der Waals surface area (Å²) in [5, 5.41) is 0.552. The number of amides is 1. The van der Waals surface area contributed by atoms with E-state index >= 15 is 0 Å². The van der Waals surface area contributed by atoms with Crippen LogP contribution in [0.25, 0.3) is 0 Å². The van der Waals surface area contributed by atoms with Crippen LogP contribution in [0.2, 0.25) is 5.02 Å². The molecule has 1 aromatic carbocycles. The van der Waals surface area contributed by atoms with Gasteiger partial charge in [-0.05, 0) is 31.0 Å². The molecule has 0 N–H and O–H groups in total. The topological polar surface area (TPSA) is 57.7 Å². The maximum atomic E-state index is 12.9. The van der Waals surface area contributed by atoms with E-state index in [0.29, 0.717) is 23.3 Å². The molecule has 0 spiro atoms. The summed E-state index contributed by atoms with van der Waals surface area (Å²) < 4.78 is 24.6. The van der Waals surface area contributed by atoms with E-state index in [0.717, 1.165) is 25.7 Å². The molecule has 0 bridgehead atoms. The predicted molar refractivity (Wildman–Crippen MR) is 94.1 cm³/mol. The molecule has 0 unspecified atom stereocenters. The average Bonchev–Trinajstić information content (AvgIpc) is 3.13. The van der Waals surface area contributed by atoms with E-state index in [4.69, 9.17) is 11.6 Å². The summed E-state index contributed by atoms with van der Waals surface area (Å²) in [5.41, 5.74) is 0.700. The minimum Gasteiger partial charge on any atom is -0.306 e. The fourth-order valence-corrected chi connectivity index (χ4v) is 6.65. The number of benzene rings is 1. The fraction of sp³-hybridized carbons (Fsp3) is 0.588. The Hall–Kier alpha value is -1.11. The zero-order valence-corrected chi connectivity index (χ0v) is 15.0. The SMILES string of the molecule is O=C1CN(C2CCCC2)[C@@H]2CS(=O)(=O)C[C@@H]2N1c1cccc(Cl)c1. The number of anilines is 1. The molecule has 1 aromatic rings. The van der Waals surface area contributed by atoms with Gasteiger partial charge >= 0.3 is 0 Å². The minimum absolute atomic E-state index is 0.0254. The standard InChI is InChI=1S/C17H21ClN2O3S/c18-12-4-3-7-14(8-12)20-16-11-24(22,23)10-15(16)19(9-17(20)21)13-5-1-2-6-13/h3-4,7-8,13,15-16H,1-2,5-6,9-11H2/t15-,16+/m1/s1. The van der Waals surface area contributed by atoms with E-state index in [2.05, 4.69) is 4.90 Å². The van der Waals surface area contributed by atoms with Crippen molar-refractivity contribution >= 4 is 33.0 Å². The second-order valence-electron chi connectivity index (χ2n) is 7.07. The lowest BCUT2D eigenvalue weighted by Gasteiger charge is -2.46. The number of sulfone groups is 1. The summed E-state index contributed by atoms with van der Waals surface area (Å²) >= 11 is 6.08. The molecular weight excluding hydrogens is 348 g/mol. The number of carbonyl (C=O) groups is 1. The van der Waals surface area contributed by atoms with E-state index in [1.807, 2.05) is 6.07 Å². The largest absolute Gasteiger partial charge is 0.306 e. The van der Waals surface area contributed by atoms with Gasteiger partial charge in [-0.25, -0.2) is 8.42 Å². The van der Waals surface area contributed by atoms with Crippen LogP contribution in [0, 0.1) is 0 Å². The molecule has 2 aliphatic heterocycles. The summed E-state index contributed by atoms with van der Waals surface area (Å²) in [6, 6.07) is 7.06. The van der Waals surface area contributed by atoms with Crippen molar-refractivity contribution in [3.05, 3.63) is 29.3 Å². The van der Waals surface area contributed by atoms with Gasteiger partial charge in [-0.3, -0.25) is 9.69 Å². The molecule has 0 aromatic heterocycles. The second-order valence-corrected chi connectivity index (χ2v) is 9.66. The van der Waals surface area contributed by atoms with E-state index in [9.17, 15) is 13.2 Å². The monoisotopic (exact) mass is 368 g/mol. The molecule has 24 heavy (non-hydrogen) atoms. The van der Waals surface area contributed by atoms with E-state index in [1.54, 1.807) is 23.1 Å². The second kappa shape index (κ2) is 6.00. The average molecular weight is 369 g/mol. The number of piperazine rings is 1. The molecule has 130 valence electrons. The quantitative estimate of drug-likeness (QED) is 0.802. The van der Waals surface area contributed by atoms with Crippen molar-refractivity contribution in [2.24, 2.45) is 0 Å². The lowest BCUT2D eigenvalue weighted by molar-refractivity contribution is -0.124. The van der Waals surface area contributed by atoms with Gasteiger partial charge in [-0.15, -0.1) is 0 Å². The van der Waals surface area contributed by atoms with Crippen molar-refractivity contribution in [1.29, 1.82) is 0 Å². The van der Waals surface area contributed by atoms with Crippen molar-refractivity contribution in [3.8, 4) is 0 Å². The summed E-state index contributed by atoms with van der Waals surface area (Å²) in [7, 11) is -3.13. The van der Waals surface area contributed by atoms with Crippen LogP contribution in [0.5, 0.6) is 0 Å². The van der Waals surface area contributed by atoms with Gasteiger partial charge in [0.1, 0.15) is 0 Å². The van der Waals surface area contributed by atoms with Gasteiger partial charge in [0.05, 0.1) is 24.1 Å². The highest BCUT2D eigenvalue weighted by molar-refractivity contribution is 7.91. The number of fused-ring (bicyclic) bond motifs is 1. The third kappa shape index (κ3) is 2.85. The summed E-state index contributed by atoms with van der Waals surface area (Å²) in [4.78, 5) is 16.7. The van der Waals surface area contributed by atoms with Gasteiger partial charge in [0.2, 0.25) is 5.91 Å². The highest BCUT2D eigenvalue weighted by Crippen LogP contribution is 2.36. The first-order valence-electron chi connectivity index (χ1n) is 8.48. The molecule has 3 fully saturated rings. The first-order chi connectivity index (χ1) is 11.4. The zero-order chi connectivity index (χ0) is 16.9.